The molecule has 0 aromatic carbocycles. The molecule has 1 aliphatic carbocycles. The summed E-state index contributed by atoms with van der Waals surface area (Å²) < 4.78 is 0. The predicted octanol–water partition coefficient (Wildman–Crippen LogP) is 2.25. The molecule has 0 saturated heterocycles. The summed E-state index contributed by atoms with van der Waals surface area (Å²) in [6, 6.07) is 8.04. The molecule has 0 fully saturated rings. The van der Waals surface area contributed by atoms with Crippen molar-refractivity contribution in [1.29, 1.82) is 0 Å². The molecule has 108 valence electrons. The van der Waals surface area contributed by atoms with Crippen LogP contribution < -0.4 is 11.1 Å². The van der Waals surface area contributed by atoms with Gasteiger partial charge in [-0.15, -0.1) is 0 Å². The summed E-state index contributed by atoms with van der Waals surface area (Å²) in [7, 11) is 0. The highest BCUT2D eigenvalue weighted by Gasteiger charge is 2.17. The van der Waals surface area contributed by atoms with Crippen molar-refractivity contribution in [2.24, 2.45) is 5.73 Å². The number of aromatic nitrogens is 2. The van der Waals surface area contributed by atoms with Gasteiger partial charge in [-0.05, 0) is 43.0 Å². The Morgan fingerprint density at radius 2 is 2.24 bits per heavy atom. The number of hydrogen-bond donors (Lipinski definition) is 2. The smallest absolute Gasteiger partial charge is 0.136 e. The topological polar surface area (TPSA) is 63.8 Å². The van der Waals surface area contributed by atoms with Crippen LogP contribution in [0, 0.1) is 0 Å². The minimum atomic E-state index is 0.400. The van der Waals surface area contributed by atoms with Crippen molar-refractivity contribution in [2.45, 2.75) is 25.7 Å². The van der Waals surface area contributed by atoms with Crippen molar-refractivity contribution in [1.82, 2.24) is 9.97 Å². The van der Waals surface area contributed by atoms with Crippen LogP contribution in [0.2, 0.25) is 0 Å². The van der Waals surface area contributed by atoms with E-state index in [1.54, 1.807) is 0 Å². The van der Waals surface area contributed by atoms with Gasteiger partial charge in [-0.25, -0.2) is 4.98 Å². The van der Waals surface area contributed by atoms with Gasteiger partial charge in [-0.1, -0.05) is 18.3 Å². The third-order valence-corrected chi connectivity index (χ3v) is 3.94. The molecule has 3 rings (SSSR count). The van der Waals surface area contributed by atoms with Gasteiger partial charge >= 0.3 is 0 Å². The fourth-order valence-electron chi connectivity index (χ4n) is 2.65. The molecule has 21 heavy (non-hydrogen) atoms. The minimum Gasteiger partial charge on any atom is -0.389 e. The Balaban J connectivity index is 1.74. The SMILES string of the molecule is NC(=S)c1cc2c(nc1NCCc1ccccn1)CCC2. The normalized spacial score (nSPS) is 13.0. The zero-order valence-corrected chi connectivity index (χ0v) is 12.6. The number of nitrogens with two attached hydrogens (primary N) is 1. The molecule has 2 aromatic heterocycles. The van der Waals surface area contributed by atoms with E-state index in [1.165, 1.54) is 11.3 Å². The first-order valence-electron chi connectivity index (χ1n) is 7.20. The van der Waals surface area contributed by atoms with Crippen molar-refractivity contribution in [3.63, 3.8) is 0 Å². The lowest BCUT2D eigenvalue weighted by Gasteiger charge is -2.12. The lowest BCUT2D eigenvalue weighted by atomic mass is 10.1. The van der Waals surface area contributed by atoms with Gasteiger partial charge in [0.05, 0.1) is 5.56 Å². The number of fused-ring (bicyclic) bond motifs is 1. The molecule has 0 amide bonds. The van der Waals surface area contributed by atoms with Crippen LogP contribution in [0.3, 0.4) is 0 Å². The van der Waals surface area contributed by atoms with Crippen LogP contribution in [0.1, 0.15) is 28.9 Å². The summed E-state index contributed by atoms with van der Waals surface area (Å²) in [6.45, 7) is 0.762. The molecule has 0 spiro atoms. The Morgan fingerprint density at radius 3 is 3.00 bits per heavy atom. The van der Waals surface area contributed by atoms with Gasteiger partial charge in [0, 0.05) is 30.6 Å². The van der Waals surface area contributed by atoms with E-state index in [9.17, 15) is 0 Å². The number of hydrogen-bond acceptors (Lipinski definition) is 4. The van der Waals surface area contributed by atoms with E-state index >= 15 is 0 Å². The summed E-state index contributed by atoms with van der Waals surface area (Å²) in [4.78, 5) is 9.42. The van der Waals surface area contributed by atoms with Crippen LogP contribution in [0.5, 0.6) is 0 Å². The highest BCUT2D eigenvalue weighted by Crippen LogP contribution is 2.25. The van der Waals surface area contributed by atoms with Gasteiger partial charge in [0.15, 0.2) is 0 Å². The third-order valence-electron chi connectivity index (χ3n) is 3.72. The van der Waals surface area contributed by atoms with E-state index in [0.29, 0.717) is 4.99 Å². The maximum Gasteiger partial charge on any atom is 0.136 e. The fraction of sp³-hybridized carbons (Fsp3) is 0.312. The molecule has 5 heteroatoms. The molecular weight excluding hydrogens is 280 g/mol. The van der Waals surface area contributed by atoms with Gasteiger partial charge in [0.1, 0.15) is 10.8 Å². The molecule has 2 aromatic rings. The number of pyridine rings is 2. The average Bonchev–Trinajstić information content (AvgIpc) is 2.94. The summed E-state index contributed by atoms with van der Waals surface area (Å²) in [5, 5.41) is 3.35. The van der Waals surface area contributed by atoms with Gasteiger partial charge in [0.25, 0.3) is 0 Å². The number of thiocarbonyl (C=S) groups is 1. The Labute approximate surface area is 129 Å². The molecule has 4 nitrogen and oxygen atoms in total. The molecule has 0 atom stereocenters. The molecular formula is C16H18N4S. The van der Waals surface area contributed by atoms with Crippen LogP contribution >= 0.6 is 12.2 Å². The highest BCUT2D eigenvalue weighted by atomic mass is 32.1. The molecule has 0 radical (unpaired) electrons. The van der Waals surface area contributed by atoms with E-state index in [0.717, 1.165) is 49.3 Å². The van der Waals surface area contributed by atoms with Crippen molar-refractivity contribution in [2.75, 3.05) is 11.9 Å². The minimum absolute atomic E-state index is 0.400. The van der Waals surface area contributed by atoms with Gasteiger partial charge < -0.3 is 11.1 Å². The Hall–Kier alpha value is -2.01. The molecule has 2 heterocycles. The van der Waals surface area contributed by atoms with E-state index in [4.69, 9.17) is 22.9 Å². The maximum atomic E-state index is 5.83. The van der Waals surface area contributed by atoms with Crippen LogP contribution in [0.25, 0.3) is 0 Å². The van der Waals surface area contributed by atoms with Crippen molar-refractivity contribution >= 4 is 23.0 Å². The molecule has 0 bridgehead atoms. The first-order valence-corrected chi connectivity index (χ1v) is 7.61. The summed E-state index contributed by atoms with van der Waals surface area (Å²) >= 11 is 5.15. The highest BCUT2D eigenvalue weighted by molar-refractivity contribution is 7.80. The van der Waals surface area contributed by atoms with Crippen molar-refractivity contribution in [3.05, 3.63) is 53.0 Å². The van der Waals surface area contributed by atoms with Crippen molar-refractivity contribution < 1.29 is 0 Å². The van der Waals surface area contributed by atoms with Gasteiger partial charge in [0.2, 0.25) is 0 Å². The second-order valence-corrected chi connectivity index (χ2v) is 5.65. The molecule has 0 unspecified atom stereocenters. The number of anilines is 1. The molecule has 1 aliphatic rings. The number of nitrogens with zero attached hydrogens (tertiary/aromatic N) is 2. The summed E-state index contributed by atoms with van der Waals surface area (Å²) in [5.74, 6) is 0.805. The summed E-state index contributed by atoms with van der Waals surface area (Å²) in [5.41, 5.74) is 10.2. The van der Waals surface area contributed by atoms with Gasteiger partial charge in [-0.2, -0.15) is 0 Å². The van der Waals surface area contributed by atoms with Crippen LogP contribution in [-0.4, -0.2) is 21.5 Å². The third kappa shape index (κ3) is 3.19. The average molecular weight is 298 g/mol. The van der Waals surface area contributed by atoms with Crippen molar-refractivity contribution in [3.8, 4) is 0 Å². The van der Waals surface area contributed by atoms with Crippen LogP contribution in [-0.2, 0) is 19.3 Å². The Kier molecular flexibility index (Phi) is 4.10. The Bertz CT molecular complexity index is 655. The first kappa shape index (κ1) is 13.9. The zero-order chi connectivity index (χ0) is 14.7. The number of aryl methyl sites for hydroxylation is 2. The number of rotatable bonds is 5. The second kappa shape index (κ2) is 6.18. The predicted molar refractivity (Wildman–Crippen MR) is 88.6 cm³/mol. The lowest BCUT2D eigenvalue weighted by molar-refractivity contribution is 0.897. The molecule has 0 aliphatic heterocycles. The Morgan fingerprint density at radius 1 is 1.33 bits per heavy atom. The maximum absolute atomic E-state index is 5.83. The van der Waals surface area contributed by atoms with E-state index in [-0.39, 0.29) is 0 Å². The van der Waals surface area contributed by atoms with Crippen LogP contribution in [0.15, 0.2) is 30.5 Å². The largest absolute Gasteiger partial charge is 0.389 e. The van der Waals surface area contributed by atoms with E-state index in [2.05, 4.69) is 16.4 Å². The standard InChI is InChI=1S/C16H18N4S/c17-15(21)13-10-11-4-3-6-14(11)20-16(13)19-9-7-12-5-1-2-8-18-12/h1-2,5,8,10H,3-4,6-7,9H2,(H2,17,21)(H,19,20). The monoisotopic (exact) mass is 298 g/mol. The van der Waals surface area contributed by atoms with E-state index < -0.39 is 0 Å². The summed E-state index contributed by atoms with van der Waals surface area (Å²) in [6.07, 6.45) is 5.93. The van der Waals surface area contributed by atoms with Crippen LogP contribution in [0.4, 0.5) is 5.82 Å². The van der Waals surface area contributed by atoms with Gasteiger partial charge in [-0.3, -0.25) is 4.98 Å². The fourth-order valence-corrected chi connectivity index (χ4v) is 2.81. The number of nitrogens with one attached hydrogen (secondary N) is 1. The van der Waals surface area contributed by atoms with E-state index in [1.807, 2.05) is 24.4 Å². The quantitative estimate of drug-likeness (QED) is 0.829. The zero-order valence-electron chi connectivity index (χ0n) is 11.8. The first-order chi connectivity index (χ1) is 10.2. The molecule has 0 saturated carbocycles. The molecule has 3 N–H and O–H groups in total. The second-order valence-electron chi connectivity index (χ2n) is 5.21. The lowest BCUT2D eigenvalue weighted by Crippen LogP contribution is -2.17.